The van der Waals surface area contributed by atoms with Gasteiger partial charge >= 0.3 is 0 Å². The minimum absolute atomic E-state index is 0.0602. The van der Waals surface area contributed by atoms with Gasteiger partial charge in [0.2, 0.25) is 5.91 Å². The summed E-state index contributed by atoms with van der Waals surface area (Å²) in [6.45, 7) is 2.76. The second kappa shape index (κ2) is 12.3. The molecule has 0 aromatic heterocycles. The van der Waals surface area contributed by atoms with E-state index in [1.54, 1.807) is 6.07 Å². The van der Waals surface area contributed by atoms with Gasteiger partial charge in [-0.3, -0.25) is 14.4 Å². The van der Waals surface area contributed by atoms with E-state index in [9.17, 15) is 24.6 Å². The molecule has 0 radical (unpaired) electrons. The molecule has 3 aromatic rings. The highest BCUT2D eigenvalue weighted by Crippen LogP contribution is 2.31. The molecule has 0 saturated carbocycles. The van der Waals surface area contributed by atoms with E-state index in [-0.39, 0.29) is 12.5 Å². The Bertz CT molecular complexity index is 1310. The number of ether oxygens (including phenoxy) is 1. The molecule has 8 nitrogen and oxygen atoms in total. The zero-order valence-electron chi connectivity index (χ0n) is 22.1. The predicted octanol–water partition coefficient (Wildman–Crippen LogP) is 2.97. The number of Topliss-reactive ketones (excluding diaryl/α,β-unsaturated/α-hetero) is 1. The lowest BCUT2D eigenvalue weighted by atomic mass is 9.92. The zero-order valence-corrected chi connectivity index (χ0v) is 22.1. The monoisotopic (exact) mass is 530 g/mol. The van der Waals surface area contributed by atoms with Gasteiger partial charge in [0.1, 0.15) is 6.04 Å². The Kier molecular flexibility index (Phi) is 8.91. The number of ketones is 1. The van der Waals surface area contributed by atoms with Crippen molar-refractivity contribution in [2.75, 3.05) is 19.8 Å². The Labute approximate surface area is 228 Å². The summed E-state index contributed by atoms with van der Waals surface area (Å²) in [5.41, 5.74) is 2.30. The second-order valence-corrected chi connectivity index (χ2v) is 10.2. The fourth-order valence-corrected chi connectivity index (χ4v) is 4.53. The standard InChI is InChI=1S/C31H34N2O6/c1-20(2)15-26(28(36)31(18-35)19-39-31)32-30(38)27(17-34)33-29(37)25-16-23(21-9-5-3-6-10-21)13-14-24(25)22-11-7-4-8-12-22/h3-14,16,20,26-27,34-35H,15,17-19H2,1-2H3,(H,32,38)(H,33,37)/t26-,27-,31+/m0/s1. The zero-order chi connectivity index (χ0) is 28.0. The topological polar surface area (TPSA) is 128 Å². The normalized spacial score (nSPS) is 17.8. The minimum atomic E-state index is -1.30. The quantitative estimate of drug-likeness (QED) is 0.267. The van der Waals surface area contributed by atoms with Gasteiger partial charge in [0.15, 0.2) is 11.4 Å². The molecule has 1 fully saturated rings. The summed E-state index contributed by atoms with van der Waals surface area (Å²) in [7, 11) is 0. The third kappa shape index (κ3) is 6.60. The molecule has 2 amide bonds. The van der Waals surface area contributed by atoms with Crippen molar-refractivity contribution in [2.24, 2.45) is 5.92 Å². The van der Waals surface area contributed by atoms with E-state index >= 15 is 0 Å². The van der Waals surface area contributed by atoms with Crippen molar-refractivity contribution in [1.29, 1.82) is 0 Å². The van der Waals surface area contributed by atoms with E-state index in [0.717, 1.165) is 16.7 Å². The molecule has 1 heterocycles. The van der Waals surface area contributed by atoms with Gasteiger partial charge in [0.05, 0.1) is 25.9 Å². The highest BCUT2D eigenvalue weighted by Gasteiger charge is 2.54. The van der Waals surface area contributed by atoms with Crippen LogP contribution < -0.4 is 10.6 Å². The maximum Gasteiger partial charge on any atom is 0.252 e. The maximum atomic E-state index is 13.6. The van der Waals surface area contributed by atoms with Crippen LogP contribution in [-0.4, -0.2) is 65.3 Å². The molecule has 3 aromatic carbocycles. The van der Waals surface area contributed by atoms with Crippen molar-refractivity contribution < 1.29 is 29.3 Å². The summed E-state index contributed by atoms with van der Waals surface area (Å²) in [6, 6.07) is 22.4. The van der Waals surface area contributed by atoms with Gasteiger partial charge < -0.3 is 25.6 Å². The van der Waals surface area contributed by atoms with Crippen LogP contribution in [0.1, 0.15) is 30.6 Å². The molecule has 0 bridgehead atoms. The first-order valence-electron chi connectivity index (χ1n) is 13.0. The largest absolute Gasteiger partial charge is 0.394 e. The molecular formula is C31H34N2O6. The van der Waals surface area contributed by atoms with Crippen LogP contribution in [0, 0.1) is 5.92 Å². The number of aliphatic hydroxyl groups excluding tert-OH is 2. The molecule has 3 atom stereocenters. The highest BCUT2D eigenvalue weighted by molar-refractivity contribution is 6.04. The molecule has 1 aliphatic heterocycles. The van der Waals surface area contributed by atoms with Crippen molar-refractivity contribution in [1.82, 2.24) is 10.6 Å². The molecule has 39 heavy (non-hydrogen) atoms. The van der Waals surface area contributed by atoms with Gasteiger partial charge in [0.25, 0.3) is 5.91 Å². The van der Waals surface area contributed by atoms with E-state index in [0.29, 0.717) is 17.5 Å². The number of nitrogens with one attached hydrogen (secondary N) is 2. The Morgan fingerprint density at radius 3 is 2.00 bits per heavy atom. The first kappa shape index (κ1) is 28.2. The van der Waals surface area contributed by atoms with Crippen LogP contribution in [0.25, 0.3) is 22.3 Å². The molecule has 1 saturated heterocycles. The van der Waals surface area contributed by atoms with E-state index in [1.807, 2.05) is 86.6 Å². The third-order valence-electron chi connectivity index (χ3n) is 6.80. The second-order valence-electron chi connectivity index (χ2n) is 10.2. The molecule has 204 valence electrons. The SMILES string of the molecule is CC(C)C[C@H](NC(=O)[C@H](CO)NC(=O)c1cc(-c2ccccc2)ccc1-c1ccccc1)C(=O)[C@@]1(CO)CO1. The summed E-state index contributed by atoms with van der Waals surface area (Å²) in [5, 5.41) is 25.0. The van der Waals surface area contributed by atoms with Crippen LogP contribution in [0.15, 0.2) is 78.9 Å². The molecule has 0 aliphatic carbocycles. The van der Waals surface area contributed by atoms with Gasteiger partial charge in [-0.25, -0.2) is 0 Å². The van der Waals surface area contributed by atoms with Gasteiger partial charge in [-0.2, -0.15) is 0 Å². The van der Waals surface area contributed by atoms with E-state index in [2.05, 4.69) is 10.6 Å². The Balaban J connectivity index is 1.59. The lowest BCUT2D eigenvalue weighted by Crippen LogP contribution is -2.55. The van der Waals surface area contributed by atoms with E-state index in [1.165, 1.54) is 0 Å². The fraction of sp³-hybridized carbons (Fsp3) is 0.323. The van der Waals surface area contributed by atoms with Crippen LogP contribution in [0.5, 0.6) is 0 Å². The average Bonchev–Trinajstić information content (AvgIpc) is 3.77. The molecular weight excluding hydrogens is 496 g/mol. The van der Waals surface area contributed by atoms with Crippen molar-refractivity contribution in [2.45, 2.75) is 38.0 Å². The summed E-state index contributed by atoms with van der Waals surface area (Å²) < 4.78 is 5.19. The predicted molar refractivity (Wildman–Crippen MR) is 148 cm³/mol. The van der Waals surface area contributed by atoms with Gasteiger partial charge in [-0.15, -0.1) is 0 Å². The first-order valence-corrected chi connectivity index (χ1v) is 13.0. The number of benzene rings is 3. The highest BCUT2D eigenvalue weighted by atomic mass is 16.6. The molecule has 0 unspecified atom stereocenters. The summed E-state index contributed by atoms with van der Waals surface area (Å²) >= 11 is 0. The molecule has 4 rings (SSSR count). The molecule has 0 spiro atoms. The molecule has 1 aliphatic rings. The number of carbonyl (C=O) groups is 3. The van der Waals surface area contributed by atoms with Crippen molar-refractivity contribution in [3.05, 3.63) is 84.4 Å². The van der Waals surface area contributed by atoms with Gasteiger partial charge in [-0.1, -0.05) is 86.6 Å². The summed E-state index contributed by atoms with van der Waals surface area (Å²) in [5.74, 6) is -1.59. The van der Waals surface area contributed by atoms with Crippen LogP contribution >= 0.6 is 0 Å². The summed E-state index contributed by atoms with van der Waals surface area (Å²) in [6.07, 6.45) is 0.319. The average molecular weight is 531 g/mol. The van der Waals surface area contributed by atoms with Crippen molar-refractivity contribution in [3.8, 4) is 22.3 Å². The summed E-state index contributed by atoms with van der Waals surface area (Å²) in [4.78, 5) is 39.8. The number of epoxide rings is 1. The Morgan fingerprint density at radius 1 is 0.846 bits per heavy atom. The van der Waals surface area contributed by atoms with E-state index in [4.69, 9.17) is 4.74 Å². The minimum Gasteiger partial charge on any atom is -0.394 e. The van der Waals surface area contributed by atoms with Crippen LogP contribution in [-0.2, 0) is 14.3 Å². The van der Waals surface area contributed by atoms with Crippen LogP contribution in [0.3, 0.4) is 0 Å². The maximum absolute atomic E-state index is 13.6. The van der Waals surface area contributed by atoms with Gasteiger partial charge in [0, 0.05) is 5.56 Å². The molecule has 8 heteroatoms. The number of rotatable bonds is 12. The Morgan fingerprint density at radius 2 is 1.46 bits per heavy atom. The van der Waals surface area contributed by atoms with Crippen LogP contribution in [0.4, 0.5) is 0 Å². The smallest absolute Gasteiger partial charge is 0.252 e. The van der Waals surface area contributed by atoms with Crippen molar-refractivity contribution >= 4 is 17.6 Å². The number of hydrogen-bond donors (Lipinski definition) is 4. The number of hydrogen-bond acceptors (Lipinski definition) is 6. The van der Waals surface area contributed by atoms with Gasteiger partial charge in [-0.05, 0) is 40.7 Å². The van der Waals surface area contributed by atoms with E-state index < -0.39 is 48.5 Å². The Hall–Kier alpha value is -3.85. The number of amides is 2. The number of carbonyl (C=O) groups excluding carboxylic acids is 3. The lowest BCUT2D eigenvalue weighted by molar-refractivity contribution is -0.133. The van der Waals surface area contributed by atoms with Crippen molar-refractivity contribution in [3.63, 3.8) is 0 Å². The lowest BCUT2D eigenvalue weighted by Gasteiger charge is -2.25. The number of aliphatic hydroxyl groups is 2. The first-order chi connectivity index (χ1) is 18.8. The fourth-order valence-electron chi connectivity index (χ4n) is 4.53. The third-order valence-corrected chi connectivity index (χ3v) is 6.80. The van der Waals surface area contributed by atoms with Crippen LogP contribution in [0.2, 0.25) is 0 Å². The molecule has 4 N–H and O–H groups in total.